The molecule has 0 radical (unpaired) electrons. The molecule has 1 heterocycles. The lowest BCUT2D eigenvalue weighted by Crippen LogP contribution is -2.39. The van der Waals surface area contributed by atoms with Gasteiger partial charge in [0, 0.05) is 44.8 Å². The Balaban J connectivity index is 1.19. The zero-order chi connectivity index (χ0) is 28.0. The van der Waals surface area contributed by atoms with Gasteiger partial charge in [-0.25, -0.2) is 0 Å². The van der Waals surface area contributed by atoms with Crippen molar-refractivity contribution in [3.63, 3.8) is 0 Å². The molecular weight excluding hydrogens is 506 g/mol. The minimum Gasteiger partial charge on any atom is -0.489 e. The van der Waals surface area contributed by atoms with E-state index >= 15 is 0 Å². The minimum absolute atomic E-state index is 0.0908. The van der Waals surface area contributed by atoms with Gasteiger partial charge < -0.3 is 19.1 Å². The molecule has 0 spiro atoms. The van der Waals surface area contributed by atoms with Crippen LogP contribution in [0.25, 0.3) is 0 Å². The van der Waals surface area contributed by atoms with Crippen molar-refractivity contribution >= 4 is 5.69 Å². The van der Waals surface area contributed by atoms with Gasteiger partial charge in [-0.15, -0.1) is 0 Å². The highest BCUT2D eigenvalue weighted by atomic mass is 16.7. The quantitative estimate of drug-likeness (QED) is 0.236. The number of hydrogen-bond acceptors (Lipinski definition) is 4. The number of rotatable bonds is 10. The summed E-state index contributed by atoms with van der Waals surface area (Å²) in [6, 6.07) is 27.0. The van der Waals surface area contributed by atoms with E-state index in [-0.39, 0.29) is 6.29 Å². The SMILES string of the molecule is COC(OC)C1CCN(c2ccc([C@H]3c4ccc(OCc5ccccc5)cc4CC[C@H]3CC3CCCC3)cc2)CC1. The van der Waals surface area contributed by atoms with Gasteiger partial charge in [-0.05, 0) is 90.5 Å². The molecule has 4 nitrogen and oxygen atoms in total. The molecule has 1 saturated heterocycles. The van der Waals surface area contributed by atoms with Crippen molar-refractivity contribution in [1.29, 1.82) is 0 Å². The Hall–Kier alpha value is -2.82. The van der Waals surface area contributed by atoms with Crippen LogP contribution in [-0.4, -0.2) is 33.6 Å². The number of piperidine rings is 1. The first-order valence-electron chi connectivity index (χ1n) is 15.9. The molecule has 1 aliphatic heterocycles. The Bertz CT molecular complexity index is 1220. The number of aryl methyl sites for hydroxylation is 1. The van der Waals surface area contributed by atoms with Crippen molar-refractivity contribution < 1.29 is 14.2 Å². The lowest BCUT2D eigenvalue weighted by atomic mass is 9.69. The van der Waals surface area contributed by atoms with Crippen LogP contribution in [0.15, 0.2) is 72.8 Å². The van der Waals surface area contributed by atoms with Crippen LogP contribution in [0.3, 0.4) is 0 Å². The van der Waals surface area contributed by atoms with Gasteiger partial charge in [0.1, 0.15) is 12.4 Å². The van der Waals surface area contributed by atoms with Crippen LogP contribution in [0.5, 0.6) is 5.75 Å². The Morgan fingerprint density at radius 2 is 1.54 bits per heavy atom. The summed E-state index contributed by atoms with van der Waals surface area (Å²) in [6.07, 6.45) is 11.6. The van der Waals surface area contributed by atoms with Crippen LogP contribution < -0.4 is 9.64 Å². The van der Waals surface area contributed by atoms with E-state index in [9.17, 15) is 0 Å². The molecule has 6 rings (SSSR count). The molecule has 1 saturated carbocycles. The highest BCUT2D eigenvalue weighted by molar-refractivity contribution is 5.51. The molecule has 2 atom stereocenters. The molecule has 3 aromatic carbocycles. The van der Waals surface area contributed by atoms with Crippen molar-refractivity contribution in [3.8, 4) is 5.75 Å². The summed E-state index contributed by atoms with van der Waals surface area (Å²) in [5, 5.41) is 0. The Kier molecular flexibility index (Phi) is 9.28. The second-order valence-corrected chi connectivity index (χ2v) is 12.6. The van der Waals surface area contributed by atoms with E-state index in [1.165, 1.54) is 66.5 Å². The van der Waals surface area contributed by atoms with E-state index in [1.807, 2.05) is 0 Å². The summed E-state index contributed by atoms with van der Waals surface area (Å²) in [6.45, 7) is 2.72. The lowest BCUT2D eigenvalue weighted by Gasteiger charge is -2.37. The third-order valence-corrected chi connectivity index (χ3v) is 10.1. The van der Waals surface area contributed by atoms with Crippen LogP contribution in [0.1, 0.15) is 79.5 Å². The highest BCUT2D eigenvalue weighted by Gasteiger charge is 2.34. The number of methoxy groups -OCH3 is 2. The van der Waals surface area contributed by atoms with Gasteiger partial charge >= 0.3 is 0 Å². The van der Waals surface area contributed by atoms with Crippen molar-refractivity contribution in [2.24, 2.45) is 17.8 Å². The summed E-state index contributed by atoms with van der Waals surface area (Å²) in [7, 11) is 3.50. The summed E-state index contributed by atoms with van der Waals surface area (Å²) >= 11 is 0. The average Bonchev–Trinajstić information content (AvgIpc) is 3.55. The molecule has 0 N–H and O–H groups in total. The van der Waals surface area contributed by atoms with Crippen LogP contribution in [0.2, 0.25) is 0 Å². The Morgan fingerprint density at radius 3 is 2.24 bits per heavy atom. The topological polar surface area (TPSA) is 30.9 Å². The molecule has 0 bridgehead atoms. The summed E-state index contributed by atoms with van der Waals surface area (Å²) in [5.74, 6) is 3.54. The van der Waals surface area contributed by atoms with E-state index in [0.717, 1.165) is 44.0 Å². The zero-order valence-corrected chi connectivity index (χ0v) is 25.0. The normalized spacial score (nSPS) is 21.8. The van der Waals surface area contributed by atoms with E-state index in [0.29, 0.717) is 24.4 Å². The van der Waals surface area contributed by atoms with Gasteiger partial charge in [0.05, 0.1) is 0 Å². The number of hydrogen-bond donors (Lipinski definition) is 0. The number of benzene rings is 3. The van der Waals surface area contributed by atoms with Crippen molar-refractivity contribution in [1.82, 2.24) is 0 Å². The Morgan fingerprint density at radius 1 is 0.805 bits per heavy atom. The molecular formula is C37H47NO3. The second-order valence-electron chi connectivity index (χ2n) is 12.6. The van der Waals surface area contributed by atoms with Crippen molar-refractivity contribution in [3.05, 3.63) is 95.1 Å². The number of nitrogens with zero attached hydrogens (tertiary/aromatic N) is 1. The van der Waals surface area contributed by atoms with Gasteiger partial charge in [0.25, 0.3) is 0 Å². The first-order valence-corrected chi connectivity index (χ1v) is 15.9. The first-order chi connectivity index (χ1) is 20.2. The molecule has 2 aliphatic carbocycles. The lowest BCUT2D eigenvalue weighted by molar-refractivity contribution is -0.141. The first kappa shape index (κ1) is 28.3. The fourth-order valence-electron chi connectivity index (χ4n) is 7.88. The molecule has 3 aliphatic rings. The molecule has 0 aromatic heterocycles. The maximum Gasteiger partial charge on any atom is 0.159 e. The van der Waals surface area contributed by atoms with Gasteiger partial charge in [0.2, 0.25) is 0 Å². The van der Waals surface area contributed by atoms with Gasteiger partial charge in [-0.3, -0.25) is 0 Å². The largest absolute Gasteiger partial charge is 0.489 e. The van der Waals surface area contributed by atoms with Crippen LogP contribution in [0, 0.1) is 17.8 Å². The maximum absolute atomic E-state index is 6.23. The van der Waals surface area contributed by atoms with Crippen molar-refractivity contribution in [2.75, 3.05) is 32.2 Å². The van der Waals surface area contributed by atoms with E-state index in [1.54, 1.807) is 14.2 Å². The molecule has 0 unspecified atom stereocenters. The number of anilines is 1. The Labute approximate surface area is 247 Å². The fourth-order valence-corrected chi connectivity index (χ4v) is 7.88. The number of ether oxygens (including phenoxy) is 3. The maximum atomic E-state index is 6.23. The van der Waals surface area contributed by atoms with E-state index in [2.05, 4.69) is 77.7 Å². The summed E-state index contributed by atoms with van der Waals surface area (Å²) in [5.41, 5.74) is 7.02. The fraction of sp³-hybridized carbons (Fsp3) is 0.514. The summed E-state index contributed by atoms with van der Waals surface area (Å²) in [4.78, 5) is 2.53. The molecule has 4 heteroatoms. The average molecular weight is 554 g/mol. The van der Waals surface area contributed by atoms with Gasteiger partial charge in [-0.2, -0.15) is 0 Å². The monoisotopic (exact) mass is 553 g/mol. The predicted octanol–water partition coefficient (Wildman–Crippen LogP) is 8.38. The predicted molar refractivity (Wildman–Crippen MR) is 167 cm³/mol. The van der Waals surface area contributed by atoms with E-state index < -0.39 is 0 Å². The van der Waals surface area contributed by atoms with Gasteiger partial charge in [0.15, 0.2) is 6.29 Å². The molecule has 41 heavy (non-hydrogen) atoms. The third-order valence-electron chi connectivity index (χ3n) is 10.1. The summed E-state index contributed by atoms with van der Waals surface area (Å²) < 4.78 is 17.3. The number of fused-ring (bicyclic) bond motifs is 1. The molecule has 0 amide bonds. The molecule has 218 valence electrons. The highest BCUT2D eigenvalue weighted by Crippen LogP contribution is 2.46. The van der Waals surface area contributed by atoms with Gasteiger partial charge in [-0.1, -0.05) is 74.2 Å². The van der Waals surface area contributed by atoms with Crippen LogP contribution in [0.4, 0.5) is 5.69 Å². The third kappa shape index (κ3) is 6.65. The second kappa shape index (κ2) is 13.4. The van der Waals surface area contributed by atoms with Crippen molar-refractivity contribution in [2.45, 2.75) is 76.6 Å². The standard InChI is InChI=1S/C37H47NO3/c1-39-37(40-2)30-20-22-38(23-21-30)33-16-14-29(15-17-33)36-32(24-27-8-6-7-9-27)13-12-31-25-34(18-19-35(31)36)41-26-28-10-4-3-5-11-28/h3-5,10-11,14-19,25,27,30,32,36-37H,6-9,12-13,20-24,26H2,1-2H3/t32-,36+/m0/s1. The van der Waals surface area contributed by atoms with Crippen LogP contribution >= 0.6 is 0 Å². The van der Waals surface area contributed by atoms with Crippen LogP contribution in [-0.2, 0) is 22.5 Å². The minimum atomic E-state index is -0.0908. The van der Waals surface area contributed by atoms with E-state index in [4.69, 9.17) is 14.2 Å². The molecule has 2 fully saturated rings. The molecule has 3 aromatic rings. The smallest absolute Gasteiger partial charge is 0.159 e. The zero-order valence-electron chi connectivity index (χ0n) is 25.0.